The van der Waals surface area contributed by atoms with Gasteiger partial charge in [-0.3, -0.25) is 9.59 Å². The first-order chi connectivity index (χ1) is 28.3. The van der Waals surface area contributed by atoms with E-state index in [1.165, 1.54) is 13.8 Å². The van der Waals surface area contributed by atoms with E-state index in [9.17, 15) is 76.0 Å². The van der Waals surface area contributed by atoms with Crippen molar-refractivity contribution in [3.05, 3.63) is 0 Å². The van der Waals surface area contributed by atoms with E-state index in [0.29, 0.717) is 0 Å². The standard InChI is InChI=1S/C34H58N2O24/c1-9-18(42)22(46)26(50)33(54-9)58-28-12(35-10(2)40)7-52-14(5-38)30(28)60-31-17(36-11(3)41)21(45)29(15(6-39)56-31)59-34-27(51)24(48)20(44)16(57-34)8-53-32-25(49)23(47)19(43)13(4-37)55-32/h9,12-34,37-39,42-51H,4-8H2,1-3H3,(H,35,40)(H,36,41)/t9-,12+,13-,14-,15-,16-,17-,18+,19-,20-,21-,22+,23+,24+,25+,26-,27+,28-,29-,30-,31+,32+,33-,34?/m1/s1. The highest BCUT2D eigenvalue weighted by molar-refractivity contribution is 5.73. The molecule has 0 aromatic carbocycles. The predicted molar refractivity (Wildman–Crippen MR) is 187 cm³/mol. The van der Waals surface area contributed by atoms with Crippen LogP contribution < -0.4 is 10.6 Å². The molecular weight excluding hydrogens is 820 g/mol. The Morgan fingerprint density at radius 2 is 1.00 bits per heavy atom. The Labute approximate surface area is 342 Å². The van der Waals surface area contributed by atoms with Crippen molar-refractivity contribution < 1.29 is 119 Å². The Morgan fingerprint density at radius 1 is 0.517 bits per heavy atom. The average Bonchev–Trinajstić information content (AvgIpc) is 3.21. The van der Waals surface area contributed by atoms with Crippen LogP contribution in [0.5, 0.6) is 0 Å². The van der Waals surface area contributed by atoms with E-state index in [0.717, 1.165) is 6.92 Å². The number of amides is 2. The Balaban J connectivity index is 1.36. The van der Waals surface area contributed by atoms with Gasteiger partial charge in [0.25, 0.3) is 0 Å². The summed E-state index contributed by atoms with van der Waals surface area (Å²) in [6, 6.07) is -2.71. The summed E-state index contributed by atoms with van der Waals surface area (Å²) in [5.41, 5.74) is 0. The maximum absolute atomic E-state index is 12.5. The fourth-order valence-corrected chi connectivity index (χ4v) is 7.63. The van der Waals surface area contributed by atoms with Crippen molar-refractivity contribution in [2.45, 2.75) is 168 Å². The monoisotopic (exact) mass is 878 g/mol. The van der Waals surface area contributed by atoms with Gasteiger partial charge in [-0.2, -0.15) is 0 Å². The van der Waals surface area contributed by atoms with Gasteiger partial charge in [0.15, 0.2) is 25.2 Å². The van der Waals surface area contributed by atoms with Gasteiger partial charge in [-0.05, 0) is 6.92 Å². The Bertz CT molecular complexity index is 1390. The SMILES string of the molecule is CC(=O)N[C@H]1[C@H](O[C@H]2[C@H](O[C@H]3O[C@H](C)[C@H](O)[C@H](O)[C@H]3O)[C@@H](NC(C)=O)CO[C@@H]2CO)O[C@H](CO)[C@@H](OC2O[C@H](CO[C@H]3O[C@H](CO)[C@@H](O)[C@H](O)[C@@H]3O)[C@@H](O)[C@H](O)[C@@H]2O)[C@@H]1O. The minimum Gasteiger partial charge on any atom is -0.394 e. The van der Waals surface area contributed by atoms with Crippen molar-refractivity contribution in [2.75, 3.05) is 33.0 Å². The molecule has 26 heteroatoms. The molecule has 5 heterocycles. The summed E-state index contributed by atoms with van der Waals surface area (Å²) in [5, 5.41) is 141. The van der Waals surface area contributed by atoms with Crippen molar-refractivity contribution in [1.29, 1.82) is 0 Å². The normalized spacial score (nSPS) is 48.9. The van der Waals surface area contributed by atoms with Gasteiger partial charge in [-0.25, -0.2) is 0 Å². The minimum absolute atomic E-state index is 0.282. The second-order valence-corrected chi connectivity index (χ2v) is 15.3. The lowest BCUT2D eigenvalue weighted by Gasteiger charge is -2.50. The fourth-order valence-electron chi connectivity index (χ4n) is 7.63. The molecule has 1 unspecified atom stereocenters. The van der Waals surface area contributed by atoms with Crippen LogP contribution in [0.15, 0.2) is 0 Å². The van der Waals surface area contributed by atoms with Crippen LogP contribution in [0.1, 0.15) is 20.8 Å². The number of aliphatic hydroxyl groups is 13. The van der Waals surface area contributed by atoms with Gasteiger partial charge < -0.3 is 120 Å². The van der Waals surface area contributed by atoms with Gasteiger partial charge in [0.1, 0.15) is 110 Å². The number of aliphatic hydroxyl groups excluding tert-OH is 13. The zero-order valence-corrected chi connectivity index (χ0v) is 32.7. The number of carbonyl (C=O) groups excluding carboxylic acids is 2. The van der Waals surface area contributed by atoms with E-state index in [1.807, 2.05) is 0 Å². The highest BCUT2D eigenvalue weighted by atomic mass is 16.8. The maximum atomic E-state index is 12.5. The van der Waals surface area contributed by atoms with Crippen LogP contribution >= 0.6 is 0 Å². The number of rotatable bonds is 14. The van der Waals surface area contributed by atoms with Gasteiger partial charge in [0.2, 0.25) is 11.8 Å². The van der Waals surface area contributed by atoms with Gasteiger partial charge in [-0.1, -0.05) is 0 Å². The maximum Gasteiger partial charge on any atom is 0.217 e. The third-order valence-electron chi connectivity index (χ3n) is 11.0. The molecule has 5 rings (SSSR count). The topological polar surface area (TPSA) is 404 Å². The van der Waals surface area contributed by atoms with Crippen LogP contribution in [0.25, 0.3) is 0 Å². The number of ether oxygens (including phenoxy) is 9. The van der Waals surface area contributed by atoms with Gasteiger partial charge in [0.05, 0.1) is 45.2 Å². The third-order valence-corrected chi connectivity index (χ3v) is 11.0. The molecule has 0 radical (unpaired) electrons. The van der Waals surface area contributed by atoms with Crippen LogP contribution in [-0.4, -0.2) is 258 Å². The molecule has 0 aromatic rings. The molecule has 60 heavy (non-hydrogen) atoms. The first kappa shape index (κ1) is 49.1. The minimum atomic E-state index is -2.03. The lowest BCUT2D eigenvalue weighted by Crippen LogP contribution is -2.70. The van der Waals surface area contributed by atoms with Crippen LogP contribution in [0.3, 0.4) is 0 Å². The molecule has 0 saturated carbocycles. The fraction of sp³-hybridized carbons (Fsp3) is 0.941. The van der Waals surface area contributed by atoms with Crippen molar-refractivity contribution >= 4 is 11.8 Å². The van der Waals surface area contributed by atoms with Crippen LogP contribution in [0.4, 0.5) is 0 Å². The summed E-state index contributed by atoms with van der Waals surface area (Å²) >= 11 is 0. The largest absolute Gasteiger partial charge is 0.394 e. The Kier molecular flexibility index (Phi) is 17.3. The smallest absolute Gasteiger partial charge is 0.217 e. The van der Waals surface area contributed by atoms with E-state index in [1.54, 1.807) is 0 Å². The second-order valence-electron chi connectivity index (χ2n) is 15.3. The molecule has 24 atom stereocenters. The molecule has 0 spiro atoms. The molecule has 5 fully saturated rings. The lowest BCUT2D eigenvalue weighted by molar-refractivity contribution is -0.368. The summed E-state index contributed by atoms with van der Waals surface area (Å²) in [4.78, 5) is 24.7. The molecule has 0 bridgehead atoms. The van der Waals surface area contributed by atoms with E-state index in [4.69, 9.17) is 42.6 Å². The molecule has 5 saturated heterocycles. The summed E-state index contributed by atoms with van der Waals surface area (Å²) < 4.78 is 51.9. The molecule has 5 aliphatic rings. The van der Waals surface area contributed by atoms with Gasteiger partial charge >= 0.3 is 0 Å². The highest BCUT2D eigenvalue weighted by Gasteiger charge is 2.55. The molecule has 26 nitrogen and oxygen atoms in total. The Hall–Kier alpha value is -1.94. The third kappa shape index (κ3) is 10.7. The molecular formula is C34H58N2O24. The molecule has 5 aliphatic heterocycles. The molecule has 348 valence electrons. The molecule has 0 aliphatic carbocycles. The zero-order chi connectivity index (χ0) is 44.3. The van der Waals surface area contributed by atoms with Crippen molar-refractivity contribution in [3.63, 3.8) is 0 Å². The summed E-state index contributed by atoms with van der Waals surface area (Å²) in [6.45, 7) is 0.204. The van der Waals surface area contributed by atoms with E-state index in [2.05, 4.69) is 10.6 Å². The highest BCUT2D eigenvalue weighted by Crippen LogP contribution is 2.34. The van der Waals surface area contributed by atoms with Crippen molar-refractivity contribution in [3.8, 4) is 0 Å². The average molecular weight is 879 g/mol. The van der Waals surface area contributed by atoms with Crippen LogP contribution in [0.2, 0.25) is 0 Å². The van der Waals surface area contributed by atoms with E-state index in [-0.39, 0.29) is 6.61 Å². The molecule has 15 N–H and O–H groups in total. The number of nitrogens with one attached hydrogen (secondary N) is 2. The van der Waals surface area contributed by atoms with Crippen molar-refractivity contribution in [2.24, 2.45) is 0 Å². The van der Waals surface area contributed by atoms with Gasteiger partial charge in [0, 0.05) is 13.8 Å². The van der Waals surface area contributed by atoms with E-state index < -0.39 is 185 Å². The lowest BCUT2D eigenvalue weighted by atomic mass is 9.94. The summed E-state index contributed by atoms with van der Waals surface area (Å²) in [6.07, 6.45) is -36.7. The van der Waals surface area contributed by atoms with Crippen LogP contribution in [0, 0.1) is 0 Å². The number of hydrogen-bond donors (Lipinski definition) is 15. The quantitative estimate of drug-likeness (QED) is 0.0770. The first-order valence-corrected chi connectivity index (χ1v) is 19.3. The van der Waals surface area contributed by atoms with E-state index >= 15 is 0 Å². The number of carbonyl (C=O) groups is 2. The van der Waals surface area contributed by atoms with Crippen molar-refractivity contribution in [1.82, 2.24) is 10.6 Å². The first-order valence-electron chi connectivity index (χ1n) is 19.3. The van der Waals surface area contributed by atoms with Crippen LogP contribution in [-0.2, 0) is 52.2 Å². The number of hydrogen-bond acceptors (Lipinski definition) is 24. The second kappa shape index (κ2) is 21.2. The van der Waals surface area contributed by atoms with Gasteiger partial charge in [-0.15, -0.1) is 0 Å². The summed E-state index contributed by atoms with van der Waals surface area (Å²) in [7, 11) is 0. The zero-order valence-electron chi connectivity index (χ0n) is 32.7. The molecule has 0 aromatic heterocycles. The summed E-state index contributed by atoms with van der Waals surface area (Å²) in [5.74, 6) is -1.32. The molecule has 2 amide bonds. The predicted octanol–water partition coefficient (Wildman–Crippen LogP) is -9.93. The Morgan fingerprint density at radius 3 is 1.58 bits per heavy atom.